The van der Waals surface area contributed by atoms with Gasteiger partial charge in [0, 0.05) is 38.4 Å². The fraction of sp³-hybridized carbons (Fsp3) is 0.304. The van der Waals surface area contributed by atoms with E-state index in [1.807, 2.05) is 32.9 Å². The number of H-pyrrole nitrogens is 2. The number of carbonyl (C=O) groups is 1. The van der Waals surface area contributed by atoms with E-state index in [-0.39, 0.29) is 17.8 Å². The van der Waals surface area contributed by atoms with Crippen LogP contribution in [-0.4, -0.2) is 22.5 Å². The van der Waals surface area contributed by atoms with Crippen molar-refractivity contribution < 1.29 is 9.53 Å². The number of hydrogen-bond acceptors (Lipinski definition) is 3. The van der Waals surface area contributed by atoms with Crippen LogP contribution < -0.4 is 5.43 Å². The molecule has 4 aromatic rings. The van der Waals surface area contributed by atoms with E-state index in [4.69, 9.17) is 4.74 Å². The number of esters is 1. The minimum absolute atomic E-state index is 0.0112. The van der Waals surface area contributed by atoms with Crippen molar-refractivity contribution >= 4 is 54.6 Å². The van der Waals surface area contributed by atoms with Crippen LogP contribution in [0.3, 0.4) is 0 Å². The van der Waals surface area contributed by atoms with Crippen LogP contribution in [0.4, 0.5) is 0 Å². The number of aryl methyl sites for hydroxylation is 3. The number of rotatable bonds is 4. The predicted molar refractivity (Wildman–Crippen MR) is 121 cm³/mol. The Morgan fingerprint density at radius 2 is 1.76 bits per heavy atom. The van der Waals surface area contributed by atoms with Gasteiger partial charge in [0.05, 0.1) is 23.0 Å². The molecule has 5 nitrogen and oxygen atoms in total. The Morgan fingerprint density at radius 1 is 1.07 bits per heavy atom. The van der Waals surface area contributed by atoms with Crippen LogP contribution >= 0.6 is 15.9 Å². The first-order valence-electron chi connectivity index (χ1n) is 9.74. The number of aromatic nitrogens is 2. The van der Waals surface area contributed by atoms with Gasteiger partial charge < -0.3 is 14.7 Å². The third-order valence-electron chi connectivity index (χ3n) is 5.66. The standard InChI is InChI=1S/C23H23BrN2O3/c1-5-29-18(27)9-7-15-13(4)25-22-11(2)19-16-10-14(24)6-8-17(16)26-21(19)12(3)20(22)23(15)28/h6,8,10,26H,5,7,9H2,1-4H3,(H,25,28). The number of nitrogens with one attached hydrogen (secondary N) is 2. The Balaban J connectivity index is 2.00. The fourth-order valence-corrected chi connectivity index (χ4v) is 4.61. The monoisotopic (exact) mass is 454 g/mol. The Morgan fingerprint density at radius 3 is 2.48 bits per heavy atom. The van der Waals surface area contributed by atoms with Gasteiger partial charge in [0.15, 0.2) is 5.43 Å². The summed E-state index contributed by atoms with van der Waals surface area (Å²) in [6.45, 7) is 8.05. The molecule has 29 heavy (non-hydrogen) atoms. The molecular formula is C23H23BrN2O3. The van der Waals surface area contributed by atoms with E-state index in [2.05, 4.69) is 32.0 Å². The van der Waals surface area contributed by atoms with Crippen LogP contribution in [0.5, 0.6) is 0 Å². The van der Waals surface area contributed by atoms with Gasteiger partial charge in [-0.05, 0) is 63.4 Å². The van der Waals surface area contributed by atoms with Crippen molar-refractivity contribution in [3.05, 3.63) is 55.3 Å². The van der Waals surface area contributed by atoms with E-state index in [0.29, 0.717) is 24.0 Å². The van der Waals surface area contributed by atoms with Gasteiger partial charge in [-0.3, -0.25) is 9.59 Å². The number of fused-ring (bicyclic) bond motifs is 4. The number of ether oxygens (including phenoxy) is 1. The molecule has 2 N–H and O–H groups in total. The Labute approximate surface area is 176 Å². The fourth-order valence-electron chi connectivity index (χ4n) is 4.25. The van der Waals surface area contributed by atoms with Crippen molar-refractivity contribution in [2.45, 2.75) is 40.5 Å². The van der Waals surface area contributed by atoms with Crippen molar-refractivity contribution in [2.75, 3.05) is 6.61 Å². The zero-order valence-corrected chi connectivity index (χ0v) is 18.5. The van der Waals surface area contributed by atoms with Crippen molar-refractivity contribution in [2.24, 2.45) is 0 Å². The van der Waals surface area contributed by atoms with Gasteiger partial charge in [0.1, 0.15) is 0 Å². The molecule has 0 fully saturated rings. The van der Waals surface area contributed by atoms with Gasteiger partial charge in [0.25, 0.3) is 0 Å². The number of aromatic amines is 2. The zero-order valence-electron chi connectivity index (χ0n) is 17.0. The minimum atomic E-state index is -0.282. The lowest BCUT2D eigenvalue weighted by atomic mass is 9.95. The smallest absolute Gasteiger partial charge is 0.306 e. The quantitative estimate of drug-likeness (QED) is 0.408. The molecule has 150 valence electrons. The van der Waals surface area contributed by atoms with Crippen LogP contribution in [0.2, 0.25) is 0 Å². The summed E-state index contributed by atoms with van der Waals surface area (Å²) in [5, 5.41) is 2.94. The maximum atomic E-state index is 13.4. The largest absolute Gasteiger partial charge is 0.466 e. The van der Waals surface area contributed by atoms with E-state index in [9.17, 15) is 9.59 Å². The summed E-state index contributed by atoms with van der Waals surface area (Å²) in [4.78, 5) is 32.1. The second-order valence-corrected chi connectivity index (χ2v) is 8.34. The number of halogens is 1. The van der Waals surface area contributed by atoms with Gasteiger partial charge in [-0.25, -0.2) is 0 Å². The number of hydrogen-bond donors (Lipinski definition) is 2. The maximum absolute atomic E-state index is 13.4. The molecule has 0 unspecified atom stereocenters. The predicted octanol–water partition coefficient (Wildman–Crippen LogP) is 5.35. The summed E-state index contributed by atoms with van der Waals surface area (Å²) in [6.07, 6.45) is 0.566. The van der Waals surface area contributed by atoms with E-state index in [1.165, 1.54) is 0 Å². The van der Waals surface area contributed by atoms with Crippen molar-refractivity contribution in [3.63, 3.8) is 0 Å². The Kier molecular flexibility index (Phi) is 4.99. The van der Waals surface area contributed by atoms with Crippen LogP contribution in [0.25, 0.3) is 32.7 Å². The number of pyridine rings is 1. The molecule has 2 aromatic carbocycles. The third kappa shape index (κ3) is 3.15. The molecular weight excluding hydrogens is 432 g/mol. The molecule has 0 spiro atoms. The van der Waals surface area contributed by atoms with Crippen LogP contribution in [-0.2, 0) is 16.0 Å². The van der Waals surface area contributed by atoms with E-state index in [0.717, 1.165) is 48.6 Å². The van der Waals surface area contributed by atoms with Crippen molar-refractivity contribution in [1.29, 1.82) is 0 Å². The van der Waals surface area contributed by atoms with E-state index >= 15 is 0 Å². The number of carbonyl (C=O) groups excluding carboxylic acids is 1. The van der Waals surface area contributed by atoms with E-state index in [1.54, 1.807) is 6.92 Å². The maximum Gasteiger partial charge on any atom is 0.306 e. The summed E-state index contributed by atoms with van der Waals surface area (Å²) < 4.78 is 6.03. The highest BCUT2D eigenvalue weighted by Crippen LogP contribution is 2.36. The first kappa shape index (κ1) is 19.7. The molecule has 0 aliphatic carbocycles. The molecule has 2 heterocycles. The number of benzene rings is 2. The third-order valence-corrected chi connectivity index (χ3v) is 6.15. The molecule has 6 heteroatoms. The average Bonchev–Trinajstić information content (AvgIpc) is 3.05. The van der Waals surface area contributed by atoms with Gasteiger partial charge in [-0.2, -0.15) is 0 Å². The first-order chi connectivity index (χ1) is 13.8. The second-order valence-electron chi connectivity index (χ2n) is 7.43. The topological polar surface area (TPSA) is 75.0 Å². The molecule has 0 aliphatic rings. The van der Waals surface area contributed by atoms with Crippen molar-refractivity contribution in [1.82, 2.24) is 9.97 Å². The lowest BCUT2D eigenvalue weighted by Crippen LogP contribution is -2.17. The molecule has 0 radical (unpaired) electrons. The van der Waals surface area contributed by atoms with Gasteiger partial charge in [0.2, 0.25) is 0 Å². The summed E-state index contributed by atoms with van der Waals surface area (Å²) in [5.74, 6) is -0.282. The molecule has 2 aromatic heterocycles. The molecule has 0 atom stereocenters. The summed E-state index contributed by atoms with van der Waals surface area (Å²) >= 11 is 3.56. The van der Waals surface area contributed by atoms with Crippen LogP contribution in [0, 0.1) is 20.8 Å². The van der Waals surface area contributed by atoms with Crippen LogP contribution in [0.15, 0.2) is 27.5 Å². The highest BCUT2D eigenvalue weighted by Gasteiger charge is 2.19. The first-order valence-corrected chi connectivity index (χ1v) is 10.5. The molecule has 0 saturated carbocycles. The summed E-state index contributed by atoms with van der Waals surface area (Å²) in [6, 6.07) is 6.15. The summed E-state index contributed by atoms with van der Waals surface area (Å²) in [7, 11) is 0. The molecule has 4 rings (SSSR count). The average molecular weight is 455 g/mol. The van der Waals surface area contributed by atoms with Gasteiger partial charge >= 0.3 is 5.97 Å². The second kappa shape index (κ2) is 7.34. The SMILES string of the molecule is CCOC(=O)CCc1c(C)[nH]c2c(C)c3c([nH]c4ccc(Br)cc43)c(C)c2c1=O. The highest BCUT2D eigenvalue weighted by atomic mass is 79.9. The van der Waals surface area contributed by atoms with Crippen molar-refractivity contribution in [3.8, 4) is 0 Å². The van der Waals surface area contributed by atoms with Gasteiger partial charge in [-0.15, -0.1) is 0 Å². The molecule has 0 bridgehead atoms. The summed E-state index contributed by atoms with van der Waals surface area (Å²) in [5.41, 5.74) is 6.28. The minimum Gasteiger partial charge on any atom is -0.466 e. The molecule has 0 amide bonds. The Hall–Kier alpha value is -2.60. The van der Waals surface area contributed by atoms with E-state index < -0.39 is 0 Å². The molecule has 0 saturated heterocycles. The lowest BCUT2D eigenvalue weighted by Gasteiger charge is -2.13. The van der Waals surface area contributed by atoms with Crippen LogP contribution in [0.1, 0.15) is 35.7 Å². The highest BCUT2D eigenvalue weighted by molar-refractivity contribution is 9.10. The Bertz CT molecular complexity index is 1350. The molecule has 0 aliphatic heterocycles. The lowest BCUT2D eigenvalue weighted by molar-refractivity contribution is -0.143. The zero-order chi connectivity index (χ0) is 20.9. The van der Waals surface area contributed by atoms with Gasteiger partial charge in [-0.1, -0.05) is 15.9 Å². The normalized spacial score (nSPS) is 11.6.